The van der Waals surface area contributed by atoms with Crippen LogP contribution in [-0.2, 0) is 0 Å². The summed E-state index contributed by atoms with van der Waals surface area (Å²) in [6.45, 7) is 0. The van der Waals surface area contributed by atoms with Crippen molar-refractivity contribution < 1.29 is 14.3 Å². The van der Waals surface area contributed by atoms with Crippen molar-refractivity contribution in [3.63, 3.8) is 0 Å². The Morgan fingerprint density at radius 2 is 1.82 bits per heavy atom. The third-order valence-electron chi connectivity index (χ3n) is 4.18. The van der Waals surface area contributed by atoms with Crippen molar-refractivity contribution in [1.82, 2.24) is 19.6 Å². The smallest absolute Gasteiger partial charge is 0.276 e. The first-order valence-electron chi connectivity index (χ1n) is 8.49. The van der Waals surface area contributed by atoms with Gasteiger partial charge in [0.25, 0.3) is 5.91 Å². The summed E-state index contributed by atoms with van der Waals surface area (Å²) in [7, 11) is 3.15. The van der Waals surface area contributed by atoms with Gasteiger partial charge in [0, 0.05) is 30.2 Å². The maximum absolute atomic E-state index is 12.7. The molecule has 0 aliphatic heterocycles. The van der Waals surface area contributed by atoms with Gasteiger partial charge in [-0.3, -0.25) is 9.78 Å². The van der Waals surface area contributed by atoms with Crippen LogP contribution in [0.4, 0.5) is 5.69 Å². The summed E-state index contributed by atoms with van der Waals surface area (Å²) in [6, 6.07) is 12.4. The van der Waals surface area contributed by atoms with Gasteiger partial charge in [-0.15, -0.1) is 0 Å². The van der Waals surface area contributed by atoms with Gasteiger partial charge < -0.3 is 14.8 Å². The van der Waals surface area contributed by atoms with Gasteiger partial charge in [-0.25, -0.2) is 9.50 Å². The molecule has 0 saturated heterocycles. The molecule has 0 fully saturated rings. The summed E-state index contributed by atoms with van der Waals surface area (Å²) in [6.07, 6.45) is 5.05. The molecule has 4 rings (SSSR count). The quantitative estimate of drug-likeness (QED) is 0.576. The topological polar surface area (TPSA) is 90.6 Å². The van der Waals surface area contributed by atoms with Crippen LogP contribution in [0.2, 0.25) is 0 Å². The lowest BCUT2D eigenvalue weighted by Gasteiger charge is -2.12. The van der Waals surface area contributed by atoms with Crippen molar-refractivity contribution in [2.75, 3.05) is 19.5 Å². The summed E-state index contributed by atoms with van der Waals surface area (Å²) in [5.74, 6) is 0.847. The highest BCUT2D eigenvalue weighted by Gasteiger charge is 2.16. The first kappa shape index (κ1) is 17.5. The van der Waals surface area contributed by atoms with Crippen LogP contribution in [0, 0.1) is 0 Å². The monoisotopic (exact) mass is 375 g/mol. The number of aromatic nitrogens is 4. The Bertz CT molecular complexity index is 1120. The Morgan fingerprint density at radius 1 is 1.00 bits per heavy atom. The van der Waals surface area contributed by atoms with Crippen molar-refractivity contribution in [3.8, 4) is 22.8 Å². The Hall–Kier alpha value is -3.94. The van der Waals surface area contributed by atoms with E-state index in [2.05, 4.69) is 20.4 Å². The molecule has 0 bridgehead atoms. The number of pyridine rings is 1. The van der Waals surface area contributed by atoms with Crippen molar-refractivity contribution >= 4 is 17.2 Å². The van der Waals surface area contributed by atoms with Crippen molar-refractivity contribution in [1.29, 1.82) is 0 Å². The normalized spacial score (nSPS) is 10.6. The van der Waals surface area contributed by atoms with Crippen LogP contribution in [0.5, 0.6) is 11.5 Å². The van der Waals surface area contributed by atoms with E-state index in [1.54, 1.807) is 67.7 Å². The molecule has 1 N–H and O–H groups in total. The Labute approximate surface area is 160 Å². The average Bonchev–Trinajstić information content (AvgIpc) is 3.18. The van der Waals surface area contributed by atoms with E-state index in [0.29, 0.717) is 28.5 Å². The van der Waals surface area contributed by atoms with Crippen molar-refractivity contribution in [2.24, 2.45) is 0 Å². The average molecular weight is 375 g/mol. The Balaban J connectivity index is 1.67. The summed E-state index contributed by atoms with van der Waals surface area (Å²) in [5.41, 5.74) is 2.81. The number of fused-ring (bicyclic) bond motifs is 1. The summed E-state index contributed by atoms with van der Waals surface area (Å²) in [4.78, 5) is 21.3. The second-order valence-corrected chi connectivity index (χ2v) is 5.88. The maximum atomic E-state index is 12.7. The zero-order chi connectivity index (χ0) is 19.5. The highest BCUT2D eigenvalue weighted by atomic mass is 16.5. The SMILES string of the molecule is COc1ccc(-c2ncccc2NC(=O)c2cc3ncccn3n2)cc1OC. The van der Waals surface area contributed by atoms with E-state index in [1.807, 2.05) is 12.1 Å². The summed E-state index contributed by atoms with van der Waals surface area (Å²) < 4.78 is 12.2. The first-order valence-corrected chi connectivity index (χ1v) is 8.49. The predicted octanol–water partition coefficient (Wildman–Crippen LogP) is 3.06. The third kappa shape index (κ3) is 3.23. The van der Waals surface area contributed by atoms with Crippen LogP contribution in [-0.4, -0.2) is 39.7 Å². The lowest BCUT2D eigenvalue weighted by Crippen LogP contribution is -2.13. The molecule has 3 aromatic heterocycles. The minimum atomic E-state index is -0.347. The van der Waals surface area contributed by atoms with Crippen LogP contribution in [0.1, 0.15) is 10.5 Å². The molecule has 0 aliphatic rings. The van der Waals surface area contributed by atoms with Crippen molar-refractivity contribution in [3.05, 3.63) is 66.7 Å². The second kappa shape index (κ2) is 7.36. The number of anilines is 1. The van der Waals surface area contributed by atoms with E-state index in [1.165, 1.54) is 0 Å². The van der Waals surface area contributed by atoms with Gasteiger partial charge in [-0.05, 0) is 36.4 Å². The van der Waals surface area contributed by atoms with Crippen LogP contribution in [0.3, 0.4) is 0 Å². The standard InChI is InChI=1S/C20H17N5O3/c1-27-16-7-6-13(11-17(16)28-2)19-14(5-3-8-22-19)23-20(26)15-12-18-21-9-4-10-25(18)24-15/h3-12H,1-2H3,(H,23,26). The highest BCUT2D eigenvalue weighted by molar-refractivity contribution is 6.05. The van der Waals surface area contributed by atoms with Gasteiger partial charge in [0.05, 0.1) is 25.6 Å². The van der Waals surface area contributed by atoms with Gasteiger partial charge >= 0.3 is 0 Å². The largest absolute Gasteiger partial charge is 0.493 e. The van der Waals surface area contributed by atoms with E-state index in [9.17, 15) is 4.79 Å². The molecule has 3 heterocycles. The van der Waals surface area contributed by atoms with E-state index >= 15 is 0 Å². The predicted molar refractivity (Wildman–Crippen MR) is 104 cm³/mol. The number of methoxy groups -OCH3 is 2. The molecular formula is C20H17N5O3. The van der Waals surface area contributed by atoms with E-state index in [-0.39, 0.29) is 11.6 Å². The number of amides is 1. The minimum Gasteiger partial charge on any atom is -0.493 e. The number of hydrogen-bond acceptors (Lipinski definition) is 6. The molecule has 8 heteroatoms. The van der Waals surface area contributed by atoms with Gasteiger partial charge in [0.1, 0.15) is 0 Å². The number of rotatable bonds is 5. The van der Waals surface area contributed by atoms with Crippen LogP contribution >= 0.6 is 0 Å². The molecule has 1 amide bonds. The Morgan fingerprint density at radius 3 is 2.61 bits per heavy atom. The lowest BCUT2D eigenvalue weighted by atomic mass is 10.1. The number of hydrogen-bond donors (Lipinski definition) is 1. The van der Waals surface area contributed by atoms with Gasteiger partial charge in [0.2, 0.25) is 0 Å². The van der Waals surface area contributed by atoms with E-state index in [4.69, 9.17) is 9.47 Å². The van der Waals surface area contributed by atoms with E-state index < -0.39 is 0 Å². The molecule has 0 spiro atoms. The molecule has 28 heavy (non-hydrogen) atoms. The molecule has 8 nitrogen and oxygen atoms in total. The number of carbonyl (C=O) groups is 1. The minimum absolute atomic E-state index is 0.265. The maximum Gasteiger partial charge on any atom is 0.276 e. The molecule has 0 aliphatic carbocycles. The molecule has 140 valence electrons. The first-order chi connectivity index (χ1) is 13.7. The molecule has 0 radical (unpaired) electrons. The molecule has 0 unspecified atom stereocenters. The Kier molecular flexibility index (Phi) is 4.59. The fourth-order valence-electron chi connectivity index (χ4n) is 2.85. The lowest BCUT2D eigenvalue weighted by molar-refractivity contribution is 0.102. The molecule has 1 aromatic carbocycles. The molecule has 0 atom stereocenters. The van der Waals surface area contributed by atoms with Gasteiger partial charge in [-0.2, -0.15) is 5.10 Å². The third-order valence-corrected chi connectivity index (χ3v) is 4.18. The zero-order valence-corrected chi connectivity index (χ0v) is 15.3. The van der Waals surface area contributed by atoms with Crippen LogP contribution in [0.15, 0.2) is 61.1 Å². The second-order valence-electron chi connectivity index (χ2n) is 5.88. The molecular weight excluding hydrogens is 358 g/mol. The summed E-state index contributed by atoms with van der Waals surface area (Å²) in [5, 5.41) is 7.12. The van der Waals surface area contributed by atoms with Crippen molar-refractivity contribution in [2.45, 2.75) is 0 Å². The highest BCUT2D eigenvalue weighted by Crippen LogP contribution is 2.34. The van der Waals surface area contributed by atoms with Crippen LogP contribution < -0.4 is 14.8 Å². The fourth-order valence-corrected chi connectivity index (χ4v) is 2.85. The van der Waals surface area contributed by atoms with Crippen LogP contribution in [0.25, 0.3) is 16.9 Å². The number of benzene rings is 1. The number of nitrogens with one attached hydrogen (secondary N) is 1. The number of ether oxygens (including phenoxy) is 2. The molecule has 0 saturated carbocycles. The fraction of sp³-hybridized carbons (Fsp3) is 0.100. The van der Waals surface area contributed by atoms with Gasteiger partial charge in [-0.1, -0.05) is 0 Å². The van der Waals surface area contributed by atoms with Gasteiger partial charge in [0.15, 0.2) is 22.8 Å². The number of carbonyl (C=O) groups excluding carboxylic acids is 1. The number of nitrogens with zero attached hydrogens (tertiary/aromatic N) is 4. The van der Waals surface area contributed by atoms with E-state index in [0.717, 1.165) is 5.56 Å². The molecule has 4 aromatic rings. The zero-order valence-electron chi connectivity index (χ0n) is 15.3. The summed E-state index contributed by atoms with van der Waals surface area (Å²) >= 11 is 0.